The van der Waals surface area contributed by atoms with Crippen molar-refractivity contribution in [2.75, 3.05) is 19.7 Å². The smallest absolute Gasteiger partial charge is 0.234 e. The van der Waals surface area contributed by atoms with Crippen molar-refractivity contribution in [2.45, 2.75) is 44.2 Å². The molecule has 0 aromatic heterocycles. The largest absolute Gasteiger partial charge is 0.376 e. The van der Waals surface area contributed by atoms with Gasteiger partial charge in [0.2, 0.25) is 5.91 Å². The zero-order valence-corrected chi connectivity index (χ0v) is 9.13. The second-order valence-electron chi connectivity index (χ2n) is 4.45. The first-order valence-electron chi connectivity index (χ1n) is 5.96. The normalized spacial score (nSPS) is 26.3. The molecule has 1 heterocycles. The maximum atomic E-state index is 11.4. The van der Waals surface area contributed by atoms with Gasteiger partial charge in [0, 0.05) is 19.2 Å². The molecule has 0 spiro atoms. The van der Waals surface area contributed by atoms with E-state index < -0.39 is 0 Å². The second kappa shape index (κ2) is 5.47. The van der Waals surface area contributed by atoms with E-state index in [1.807, 2.05) is 0 Å². The van der Waals surface area contributed by atoms with Crippen molar-refractivity contribution < 1.29 is 9.53 Å². The van der Waals surface area contributed by atoms with Gasteiger partial charge in [-0.1, -0.05) is 0 Å². The van der Waals surface area contributed by atoms with Crippen LogP contribution in [0.4, 0.5) is 0 Å². The lowest BCUT2D eigenvalue weighted by Crippen LogP contribution is -2.40. The van der Waals surface area contributed by atoms with Crippen LogP contribution in [-0.2, 0) is 9.53 Å². The summed E-state index contributed by atoms with van der Waals surface area (Å²) in [4.78, 5) is 11.4. The molecule has 0 radical (unpaired) electrons. The van der Waals surface area contributed by atoms with Gasteiger partial charge in [-0.15, -0.1) is 0 Å². The predicted octanol–water partition coefficient (Wildman–Crippen LogP) is 0.424. The highest BCUT2D eigenvalue weighted by atomic mass is 16.5. The van der Waals surface area contributed by atoms with Crippen molar-refractivity contribution in [3.05, 3.63) is 0 Å². The number of carbonyl (C=O) groups excluding carboxylic acids is 1. The standard InChI is InChI=1S/C11H20N2O2/c14-11(8-12-9-4-5-9)13-7-10-3-1-2-6-15-10/h9-10,12H,1-8H2,(H,13,14). The molecular formula is C11H20N2O2. The number of amides is 1. The van der Waals surface area contributed by atoms with Crippen molar-refractivity contribution in [1.82, 2.24) is 10.6 Å². The monoisotopic (exact) mass is 212 g/mol. The topological polar surface area (TPSA) is 50.4 Å². The van der Waals surface area contributed by atoms with E-state index in [0.29, 0.717) is 19.1 Å². The van der Waals surface area contributed by atoms with E-state index in [-0.39, 0.29) is 12.0 Å². The van der Waals surface area contributed by atoms with E-state index in [0.717, 1.165) is 19.4 Å². The summed E-state index contributed by atoms with van der Waals surface area (Å²) in [6.07, 6.45) is 6.15. The molecule has 1 amide bonds. The molecule has 1 atom stereocenters. The minimum absolute atomic E-state index is 0.0936. The maximum absolute atomic E-state index is 11.4. The molecule has 15 heavy (non-hydrogen) atoms. The van der Waals surface area contributed by atoms with Crippen molar-refractivity contribution in [2.24, 2.45) is 0 Å². The van der Waals surface area contributed by atoms with Crippen molar-refractivity contribution in [1.29, 1.82) is 0 Å². The van der Waals surface area contributed by atoms with Crippen LogP contribution in [0.5, 0.6) is 0 Å². The lowest BCUT2D eigenvalue weighted by atomic mass is 10.1. The van der Waals surface area contributed by atoms with Crippen molar-refractivity contribution >= 4 is 5.91 Å². The van der Waals surface area contributed by atoms with Gasteiger partial charge in [0.05, 0.1) is 12.6 Å². The first-order chi connectivity index (χ1) is 7.34. The lowest BCUT2D eigenvalue weighted by molar-refractivity contribution is -0.121. The zero-order valence-electron chi connectivity index (χ0n) is 9.13. The fourth-order valence-corrected chi connectivity index (χ4v) is 1.78. The Morgan fingerprint density at radius 2 is 2.13 bits per heavy atom. The quantitative estimate of drug-likeness (QED) is 0.694. The molecule has 4 nitrogen and oxygen atoms in total. The van der Waals surface area contributed by atoms with Gasteiger partial charge in [0.25, 0.3) is 0 Å². The summed E-state index contributed by atoms with van der Waals surface area (Å²) in [6.45, 7) is 1.98. The highest BCUT2D eigenvalue weighted by Crippen LogP contribution is 2.17. The molecule has 2 aliphatic rings. The molecule has 1 aliphatic carbocycles. The number of hydrogen-bond donors (Lipinski definition) is 2. The molecule has 4 heteroatoms. The molecule has 0 aromatic rings. The number of rotatable bonds is 5. The summed E-state index contributed by atoms with van der Waals surface area (Å²) in [5.74, 6) is 0.0936. The zero-order chi connectivity index (χ0) is 10.5. The molecule has 1 saturated heterocycles. The van der Waals surface area contributed by atoms with Gasteiger partial charge in [-0.2, -0.15) is 0 Å². The lowest BCUT2D eigenvalue weighted by Gasteiger charge is -2.22. The fraction of sp³-hybridized carbons (Fsp3) is 0.909. The van der Waals surface area contributed by atoms with E-state index in [1.54, 1.807) is 0 Å². The molecule has 0 aromatic carbocycles. The van der Waals surface area contributed by atoms with Crippen LogP contribution in [0.1, 0.15) is 32.1 Å². The Morgan fingerprint density at radius 3 is 2.80 bits per heavy atom. The molecule has 2 rings (SSSR count). The summed E-state index contributed by atoms with van der Waals surface area (Å²) in [7, 11) is 0. The highest BCUT2D eigenvalue weighted by Gasteiger charge is 2.21. The number of hydrogen-bond acceptors (Lipinski definition) is 3. The van der Waals surface area contributed by atoms with Crippen LogP contribution in [0, 0.1) is 0 Å². The van der Waals surface area contributed by atoms with Crippen LogP contribution in [0.3, 0.4) is 0 Å². The summed E-state index contributed by atoms with van der Waals surface area (Å²) in [5.41, 5.74) is 0. The van der Waals surface area contributed by atoms with Crippen molar-refractivity contribution in [3.8, 4) is 0 Å². The molecule has 2 fully saturated rings. The third-order valence-corrected chi connectivity index (χ3v) is 2.93. The Labute approximate surface area is 90.8 Å². The Kier molecular flexibility index (Phi) is 3.97. The average molecular weight is 212 g/mol. The maximum Gasteiger partial charge on any atom is 0.234 e. The summed E-state index contributed by atoms with van der Waals surface area (Å²) >= 11 is 0. The number of nitrogens with one attached hydrogen (secondary N) is 2. The molecule has 1 aliphatic heterocycles. The van der Waals surface area contributed by atoms with Gasteiger partial charge >= 0.3 is 0 Å². The Hall–Kier alpha value is -0.610. The predicted molar refractivity (Wildman–Crippen MR) is 57.6 cm³/mol. The van der Waals surface area contributed by atoms with Crippen LogP contribution >= 0.6 is 0 Å². The number of carbonyl (C=O) groups is 1. The third kappa shape index (κ3) is 4.18. The van der Waals surface area contributed by atoms with Crippen LogP contribution in [-0.4, -0.2) is 37.7 Å². The molecule has 2 N–H and O–H groups in total. The highest BCUT2D eigenvalue weighted by molar-refractivity contribution is 5.78. The van der Waals surface area contributed by atoms with E-state index in [1.165, 1.54) is 19.3 Å². The Balaban J connectivity index is 1.53. The molecule has 1 saturated carbocycles. The summed E-state index contributed by atoms with van der Waals surface area (Å²) in [6, 6.07) is 0.599. The van der Waals surface area contributed by atoms with Gasteiger partial charge in [0.15, 0.2) is 0 Å². The van der Waals surface area contributed by atoms with Gasteiger partial charge in [-0.05, 0) is 32.1 Å². The molecule has 0 bridgehead atoms. The van der Waals surface area contributed by atoms with Crippen LogP contribution < -0.4 is 10.6 Å². The Bertz CT molecular complexity index is 211. The van der Waals surface area contributed by atoms with E-state index in [2.05, 4.69) is 10.6 Å². The first kappa shape index (κ1) is 10.9. The van der Waals surface area contributed by atoms with Gasteiger partial charge < -0.3 is 15.4 Å². The SMILES string of the molecule is O=C(CNC1CC1)NCC1CCCCO1. The number of ether oxygens (including phenoxy) is 1. The van der Waals surface area contributed by atoms with Crippen LogP contribution in [0.2, 0.25) is 0 Å². The second-order valence-corrected chi connectivity index (χ2v) is 4.45. The minimum atomic E-state index is 0.0936. The van der Waals surface area contributed by atoms with Gasteiger partial charge in [-0.25, -0.2) is 0 Å². The van der Waals surface area contributed by atoms with Gasteiger partial charge in [0.1, 0.15) is 0 Å². The molecule has 86 valence electrons. The van der Waals surface area contributed by atoms with Crippen molar-refractivity contribution in [3.63, 3.8) is 0 Å². The van der Waals surface area contributed by atoms with Crippen LogP contribution in [0.15, 0.2) is 0 Å². The third-order valence-electron chi connectivity index (χ3n) is 2.93. The van der Waals surface area contributed by atoms with Crippen LogP contribution in [0.25, 0.3) is 0 Å². The van der Waals surface area contributed by atoms with E-state index in [4.69, 9.17) is 4.74 Å². The Morgan fingerprint density at radius 1 is 1.27 bits per heavy atom. The van der Waals surface area contributed by atoms with E-state index >= 15 is 0 Å². The average Bonchev–Trinajstić information content (AvgIpc) is 3.09. The molecule has 1 unspecified atom stereocenters. The fourth-order valence-electron chi connectivity index (χ4n) is 1.78. The first-order valence-corrected chi connectivity index (χ1v) is 5.96. The van der Waals surface area contributed by atoms with E-state index in [9.17, 15) is 4.79 Å². The summed E-state index contributed by atoms with van der Waals surface area (Å²) in [5, 5.41) is 6.10. The minimum Gasteiger partial charge on any atom is -0.376 e. The summed E-state index contributed by atoms with van der Waals surface area (Å²) < 4.78 is 5.53. The molecular weight excluding hydrogens is 192 g/mol. The van der Waals surface area contributed by atoms with Gasteiger partial charge in [-0.3, -0.25) is 4.79 Å².